The van der Waals surface area contributed by atoms with Gasteiger partial charge in [0.1, 0.15) is 5.75 Å². The van der Waals surface area contributed by atoms with E-state index < -0.39 is 0 Å². The number of hydrogen-bond acceptors (Lipinski definition) is 3. The van der Waals surface area contributed by atoms with Crippen molar-refractivity contribution in [3.8, 4) is 5.75 Å². The molecule has 0 aliphatic heterocycles. The molecule has 0 bridgehead atoms. The number of halogens is 1. The Morgan fingerprint density at radius 2 is 1.90 bits per heavy atom. The highest BCUT2D eigenvalue weighted by Crippen LogP contribution is 2.15. The van der Waals surface area contributed by atoms with Gasteiger partial charge in [-0.25, -0.2) is 5.43 Å². The van der Waals surface area contributed by atoms with Gasteiger partial charge < -0.3 is 4.74 Å². The summed E-state index contributed by atoms with van der Waals surface area (Å²) in [4.78, 5) is 11.9. The zero-order valence-corrected chi connectivity index (χ0v) is 12.4. The van der Waals surface area contributed by atoms with Crippen LogP contribution < -0.4 is 10.2 Å². The summed E-state index contributed by atoms with van der Waals surface area (Å²) in [5.41, 5.74) is 3.90. The monoisotopic (exact) mass is 332 g/mol. The van der Waals surface area contributed by atoms with Crippen LogP contribution in [-0.4, -0.2) is 19.2 Å². The number of carbonyl (C=O) groups is 1. The van der Waals surface area contributed by atoms with Crippen LogP contribution in [0.5, 0.6) is 5.75 Å². The van der Waals surface area contributed by atoms with Gasteiger partial charge in [-0.3, -0.25) is 4.79 Å². The molecule has 0 spiro atoms. The van der Waals surface area contributed by atoms with E-state index in [-0.39, 0.29) is 5.91 Å². The van der Waals surface area contributed by atoms with E-state index in [1.54, 1.807) is 25.5 Å². The molecule has 2 aromatic rings. The maximum atomic E-state index is 11.9. The van der Waals surface area contributed by atoms with E-state index in [1.165, 1.54) is 0 Å². The van der Waals surface area contributed by atoms with Gasteiger partial charge in [-0.2, -0.15) is 5.10 Å². The quantitative estimate of drug-likeness (QED) is 0.690. The summed E-state index contributed by atoms with van der Waals surface area (Å²) in [5, 5.41) is 3.93. The SMILES string of the molecule is COc1ccc(C=NNC(=O)c2ccccc2Br)cc1. The van der Waals surface area contributed by atoms with Crippen LogP contribution >= 0.6 is 15.9 Å². The van der Waals surface area contributed by atoms with Gasteiger partial charge in [-0.15, -0.1) is 0 Å². The molecule has 20 heavy (non-hydrogen) atoms. The first-order chi connectivity index (χ1) is 9.70. The molecule has 5 heteroatoms. The molecule has 2 rings (SSSR count). The molecule has 4 nitrogen and oxygen atoms in total. The number of carbonyl (C=O) groups excluding carboxylic acids is 1. The van der Waals surface area contributed by atoms with Crippen LogP contribution in [0.15, 0.2) is 58.1 Å². The molecule has 0 saturated heterocycles. The van der Waals surface area contributed by atoms with Crippen molar-refractivity contribution in [2.75, 3.05) is 7.11 Å². The standard InChI is InChI=1S/C15H13BrN2O2/c1-20-12-8-6-11(7-9-12)10-17-18-15(19)13-4-2-3-5-14(13)16/h2-10H,1H3,(H,18,19). The molecule has 0 radical (unpaired) electrons. The van der Waals surface area contributed by atoms with Crippen LogP contribution in [0.25, 0.3) is 0 Å². The van der Waals surface area contributed by atoms with E-state index in [2.05, 4.69) is 26.5 Å². The van der Waals surface area contributed by atoms with Crippen LogP contribution in [-0.2, 0) is 0 Å². The second-order valence-electron chi connectivity index (χ2n) is 3.95. The summed E-state index contributed by atoms with van der Waals surface area (Å²) in [6.45, 7) is 0. The number of benzene rings is 2. The number of nitrogens with one attached hydrogen (secondary N) is 1. The first-order valence-corrected chi connectivity index (χ1v) is 6.72. The van der Waals surface area contributed by atoms with Gasteiger partial charge >= 0.3 is 0 Å². The minimum absolute atomic E-state index is 0.262. The Hall–Kier alpha value is -2.14. The molecule has 102 valence electrons. The van der Waals surface area contributed by atoms with Gasteiger partial charge in [0.2, 0.25) is 0 Å². The van der Waals surface area contributed by atoms with Gasteiger partial charge in [0.25, 0.3) is 5.91 Å². The lowest BCUT2D eigenvalue weighted by molar-refractivity contribution is 0.0954. The average molecular weight is 333 g/mol. The smallest absolute Gasteiger partial charge is 0.272 e. The average Bonchev–Trinajstić information content (AvgIpc) is 2.48. The lowest BCUT2D eigenvalue weighted by Crippen LogP contribution is -2.18. The largest absolute Gasteiger partial charge is 0.497 e. The first-order valence-electron chi connectivity index (χ1n) is 5.92. The van der Waals surface area contributed by atoms with Crippen LogP contribution in [0.1, 0.15) is 15.9 Å². The zero-order chi connectivity index (χ0) is 14.4. The van der Waals surface area contributed by atoms with Gasteiger partial charge in [0, 0.05) is 4.47 Å². The molecule has 1 amide bonds. The fourth-order valence-electron chi connectivity index (χ4n) is 1.56. The number of rotatable bonds is 4. The summed E-state index contributed by atoms with van der Waals surface area (Å²) < 4.78 is 5.80. The van der Waals surface area contributed by atoms with Crippen LogP contribution in [0.4, 0.5) is 0 Å². The molecule has 0 unspecified atom stereocenters. The fourth-order valence-corrected chi connectivity index (χ4v) is 2.03. The van der Waals surface area contributed by atoms with E-state index in [9.17, 15) is 4.79 Å². The summed E-state index contributed by atoms with van der Waals surface area (Å²) in [5.74, 6) is 0.515. The normalized spacial score (nSPS) is 10.5. The number of amides is 1. The van der Waals surface area contributed by atoms with Crippen molar-refractivity contribution in [3.05, 3.63) is 64.1 Å². The summed E-state index contributed by atoms with van der Waals surface area (Å²) in [6, 6.07) is 14.5. The maximum Gasteiger partial charge on any atom is 0.272 e. The minimum Gasteiger partial charge on any atom is -0.497 e. The lowest BCUT2D eigenvalue weighted by Gasteiger charge is -2.02. The third-order valence-corrected chi connectivity index (χ3v) is 3.31. The Morgan fingerprint density at radius 1 is 1.20 bits per heavy atom. The molecular weight excluding hydrogens is 320 g/mol. The van der Waals surface area contributed by atoms with Crippen molar-refractivity contribution in [1.82, 2.24) is 5.43 Å². The third-order valence-electron chi connectivity index (χ3n) is 2.61. The molecule has 0 aliphatic carbocycles. The molecule has 1 N–H and O–H groups in total. The van der Waals surface area contributed by atoms with Gasteiger partial charge in [0.05, 0.1) is 18.9 Å². The Balaban J connectivity index is 1.99. The number of hydrazone groups is 1. The third kappa shape index (κ3) is 3.68. The Bertz CT molecular complexity index is 624. The maximum absolute atomic E-state index is 11.9. The summed E-state index contributed by atoms with van der Waals surface area (Å²) in [6.07, 6.45) is 1.58. The van der Waals surface area contributed by atoms with Crippen molar-refractivity contribution in [3.63, 3.8) is 0 Å². The number of methoxy groups -OCH3 is 1. The lowest BCUT2D eigenvalue weighted by atomic mass is 10.2. The second-order valence-corrected chi connectivity index (χ2v) is 4.81. The van der Waals surface area contributed by atoms with Gasteiger partial charge in [-0.05, 0) is 57.9 Å². The topological polar surface area (TPSA) is 50.7 Å². The highest BCUT2D eigenvalue weighted by Gasteiger charge is 2.07. The molecule has 0 fully saturated rings. The minimum atomic E-state index is -0.262. The molecule has 0 atom stereocenters. The number of ether oxygens (including phenoxy) is 1. The number of hydrogen-bond donors (Lipinski definition) is 1. The molecule has 0 aromatic heterocycles. The van der Waals surface area contributed by atoms with Crippen molar-refractivity contribution in [2.45, 2.75) is 0 Å². The summed E-state index contributed by atoms with van der Waals surface area (Å²) >= 11 is 3.32. The Kier molecular flexibility index (Phi) is 4.90. The van der Waals surface area contributed by atoms with Crippen molar-refractivity contribution < 1.29 is 9.53 Å². The van der Waals surface area contributed by atoms with Crippen LogP contribution in [0.2, 0.25) is 0 Å². The zero-order valence-electron chi connectivity index (χ0n) is 10.8. The predicted molar refractivity (Wildman–Crippen MR) is 82.2 cm³/mol. The van der Waals surface area contributed by atoms with Crippen molar-refractivity contribution in [2.24, 2.45) is 5.10 Å². The van der Waals surface area contributed by atoms with E-state index >= 15 is 0 Å². The van der Waals surface area contributed by atoms with E-state index in [1.807, 2.05) is 36.4 Å². The van der Waals surface area contributed by atoms with E-state index in [0.717, 1.165) is 15.8 Å². The van der Waals surface area contributed by atoms with Crippen LogP contribution in [0, 0.1) is 0 Å². The summed E-state index contributed by atoms with van der Waals surface area (Å²) in [7, 11) is 1.61. The molecular formula is C15H13BrN2O2. The Morgan fingerprint density at radius 3 is 2.55 bits per heavy atom. The molecule has 0 aliphatic rings. The van der Waals surface area contributed by atoms with Gasteiger partial charge in [0.15, 0.2) is 0 Å². The first kappa shape index (κ1) is 14.3. The number of nitrogens with zero attached hydrogens (tertiary/aromatic N) is 1. The molecule has 2 aromatic carbocycles. The fraction of sp³-hybridized carbons (Fsp3) is 0.0667. The highest BCUT2D eigenvalue weighted by atomic mass is 79.9. The van der Waals surface area contributed by atoms with Crippen molar-refractivity contribution >= 4 is 28.1 Å². The highest BCUT2D eigenvalue weighted by molar-refractivity contribution is 9.10. The van der Waals surface area contributed by atoms with Crippen molar-refractivity contribution in [1.29, 1.82) is 0 Å². The van der Waals surface area contributed by atoms with E-state index in [4.69, 9.17) is 4.74 Å². The molecule has 0 heterocycles. The molecule has 0 saturated carbocycles. The second kappa shape index (κ2) is 6.86. The Labute approximate surface area is 125 Å². The predicted octanol–water partition coefficient (Wildman–Crippen LogP) is 3.22. The van der Waals surface area contributed by atoms with E-state index in [0.29, 0.717) is 5.56 Å². The van der Waals surface area contributed by atoms with Gasteiger partial charge in [-0.1, -0.05) is 12.1 Å². The van der Waals surface area contributed by atoms with Crippen LogP contribution in [0.3, 0.4) is 0 Å².